The van der Waals surface area contributed by atoms with Gasteiger partial charge in [0.1, 0.15) is 0 Å². The van der Waals surface area contributed by atoms with Gasteiger partial charge in [-0.1, -0.05) is 18.2 Å². The molecule has 0 bridgehead atoms. The minimum atomic E-state index is -1.08. The molecule has 0 unspecified atom stereocenters. The Bertz CT molecular complexity index is 265. The van der Waals surface area contributed by atoms with Crippen LogP contribution in [0, 0.1) is 3.57 Å². The number of carbonyl (C=O) groups excluding carboxylic acids is 2. The van der Waals surface area contributed by atoms with Gasteiger partial charge in [-0.15, -0.1) is 0 Å². The lowest BCUT2D eigenvalue weighted by Crippen LogP contribution is -3.34. The first-order chi connectivity index (χ1) is 6.86. The molecule has 0 aromatic heterocycles. The van der Waals surface area contributed by atoms with Crippen LogP contribution in [0.1, 0.15) is 13.8 Å². The number of hydrogen-bond acceptors (Lipinski definition) is 4. The fourth-order valence-electron chi connectivity index (χ4n) is 0.415. The Labute approximate surface area is 102 Å². The van der Waals surface area contributed by atoms with Crippen LogP contribution in [0.15, 0.2) is 30.3 Å². The van der Waals surface area contributed by atoms with Gasteiger partial charge in [-0.05, 0) is 13.8 Å². The molecule has 1 aromatic rings. The van der Waals surface area contributed by atoms with Crippen LogP contribution in [0.4, 0.5) is 0 Å². The van der Waals surface area contributed by atoms with E-state index >= 15 is 0 Å². The lowest BCUT2D eigenvalue weighted by atomic mass is 10.4. The maximum atomic E-state index is 8.89. The standard InChI is InChI=1S/C6H5I.2C2H4O2/c7-6-4-2-1-3-5-6;2*1-2(3)4/h1-5H;2*1H3,(H,3,4)/q+2;;/p-2. The Kier molecular flexibility index (Phi) is 11.9. The van der Waals surface area contributed by atoms with Crippen LogP contribution in [0.25, 0.3) is 0 Å². The molecule has 0 heterocycles. The predicted molar refractivity (Wildman–Crippen MR) is 46.5 cm³/mol. The minimum Gasteiger partial charge on any atom is -0.550 e. The van der Waals surface area contributed by atoms with Crippen molar-refractivity contribution in [2.24, 2.45) is 0 Å². The van der Waals surface area contributed by atoms with Crippen LogP contribution >= 0.6 is 0 Å². The molecule has 82 valence electrons. The number of carboxylic acid groups (broad SMARTS) is 2. The highest BCUT2D eigenvalue weighted by molar-refractivity contribution is 5.60. The molecule has 0 aliphatic heterocycles. The molecular weight excluding hydrogens is 311 g/mol. The smallest absolute Gasteiger partial charge is 0.550 e. The molecule has 1 rings (SSSR count). The molecule has 0 spiro atoms. The molecule has 1 aromatic carbocycles. The molecule has 5 heteroatoms. The van der Waals surface area contributed by atoms with E-state index in [4.69, 9.17) is 19.8 Å². The molecule has 2 radical (unpaired) electrons. The molecule has 0 amide bonds. The number of rotatable bonds is 0. The minimum absolute atomic E-state index is 0.972. The van der Waals surface area contributed by atoms with Crippen molar-refractivity contribution in [1.29, 1.82) is 0 Å². The molecule has 0 saturated heterocycles. The van der Waals surface area contributed by atoms with Crippen molar-refractivity contribution in [2.75, 3.05) is 0 Å². The lowest BCUT2D eigenvalue weighted by molar-refractivity contribution is -0.328. The fraction of sp³-hybridized carbons (Fsp3) is 0.200. The summed E-state index contributed by atoms with van der Waals surface area (Å²) in [4.78, 5) is 17.8. The van der Waals surface area contributed by atoms with Gasteiger partial charge in [-0.3, -0.25) is 0 Å². The molecule has 0 fully saturated rings. The molecule has 0 N–H and O–H groups in total. The summed E-state index contributed by atoms with van der Waals surface area (Å²) >= 11 is 2.28. The summed E-state index contributed by atoms with van der Waals surface area (Å²) in [7, 11) is 0. The van der Waals surface area contributed by atoms with Crippen molar-refractivity contribution in [3.63, 3.8) is 0 Å². The molecule has 4 nitrogen and oxygen atoms in total. The van der Waals surface area contributed by atoms with Crippen molar-refractivity contribution in [2.45, 2.75) is 13.8 Å². The van der Waals surface area contributed by atoms with E-state index in [-0.39, 0.29) is 0 Å². The molecular formula is C10H11IO4. The highest BCUT2D eigenvalue weighted by Crippen LogP contribution is 1.80. The van der Waals surface area contributed by atoms with Crippen LogP contribution in [0.3, 0.4) is 0 Å². The van der Waals surface area contributed by atoms with E-state index in [0.717, 1.165) is 13.8 Å². The Morgan fingerprint density at radius 3 is 1.40 bits per heavy atom. The number of carboxylic acids is 2. The predicted octanol–water partition coefficient (Wildman–Crippen LogP) is -4.08. The summed E-state index contributed by atoms with van der Waals surface area (Å²) in [6, 6.07) is 10.2. The van der Waals surface area contributed by atoms with Crippen LogP contribution in [-0.4, -0.2) is 11.9 Å². The summed E-state index contributed by atoms with van der Waals surface area (Å²) in [6.07, 6.45) is 0. The van der Waals surface area contributed by atoms with E-state index in [2.05, 4.69) is 34.7 Å². The van der Waals surface area contributed by atoms with E-state index < -0.39 is 11.9 Å². The first-order valence-corrected chi connectivity index (χ1v) is 4.99. The second-order valence-corrected chi connectivity index (χ2v) is 3.52. The third-order valence-corrected chi connectivity index (χ3v) is 1.45. The van der Waals surface area contributed by atoms with Crippen molar-refractivity contribution < 1.29 is 42.4 Å². The first-order valence-electron chi connectivity index (χ1n) is 3.92. The lowest BCUT2D eigenvalue weighted by Gasteiger charge is -1.77. The molecule has 0 aliphatic rings. The summed E-state index contributed by atoms with van der Waals surface area (Å²) in [6.45, 7) is 1.94. The summed E-state index contributed by atoms with van der Waals surface area (Å²) in [5.74, 6) is -2.17. The fourth-order valence-corrected chi connectivity index (χ4v) is 0.830. The quantitative estimate of drug-likeness (QED) is 0.455. The van der Waals surface area contributed by atoms with Crippen molar-refractivity contribution in [1.82, 2.24) is 0 Å². The third kappa shape index (κ3) is 32.2. The van der Waals surface area contributed by atoms with Gasteiger partial charge in [0.25, 0.3) is 0 Å². The van der Waals surface area contributed by atoms with Gasteiger partial charge in [-0.25, -0.2) is 0 Å². The van der Waals surface area contributed by atoms with E-state index in [1.54, 1.807) is 0 Å². The first kappa shape index (κ1) is 16.3. The normalized spacial score (nSPS) is 7.40. The SMILES string of the molecule is CC(=O)[O-].CC(=O)[O-].[I+2]c1ccccc1. The zero-order valence-corrected chi connectivity index (χ0v) is 10.6. The second kappa shape index (κ2) is 11.0. The van der Waals surface area contributed by atoms with Gasteiger partial charge in [0, 0.05) is 11.9 Å². The average molecular weight is 322 g/mol. The van der Waals surface area contributed by atoms with E-state index in [1.807, 2.05) is 18.2 Å². The average Bonchev–Trinajstić information content (AvgIpc) is 2.03. The van der Waals surface area contributed by atoms with Crippen LogP contribution < -0.4 is 32.8 Å². The largest absolute Gasteiger partial charge is 1.24 e. The van der Waals surface area contributed by atoms with Crippen molar-refractivity contribution in [3.05, 3.63) is 33.9 Å². The number of benzene rings is 1. The van der Waals surface area contributed by atoms with E-state index in [9.17, 15) is 0 Å². The van der Waals surface area contributed by atoms with Gasteiger partial charge in [0.2, 0.25) is 0 Å². The number of aliphatic carboxylic acids is 2. The summed E-state index contributed by atoms with van der Waals surface area (Å²) in [5, 5.41) is 17.8. The van der Waals surface area contributed by atoms with E-state index in [1.165, 1.54) is 3.57 Å². The topological polar surface area (TPSA) is 80.3 Å². The maximum Gasteiger partial charge on any atom is 1.24 e. The maximum absolute atomic E-state index is 8.89. The van der Waals surface area contributed by atoms with E-state index in [0.29, 0.717) is 0 Å². The van der Waals surface area contributed by atoms with Crippen LogP contribution in [0.5, 0.6) is 0 Å². The van der Waals surface area contributed by atoms with Crippen LogP contribution in [-0.2, 0) is 9.59 Å². The molecule has 0 aliphatic carbocycles. The van der Waals surface area contributed by atoms with Crippen molar-refractivity contribution in [3.8, 4) is 0 Å². The van der Waals surface area contributed by atoms with Gasteiger partial charge in [0.15, 0.2) is 0 Å². The van der Waals surface area contributed by atoms with Gasteiger partial charge < -0.3 is 19.8 Å². The Balaban J connectivity index is 0. The van der Waals surface area contributed by atoms with Gasteiger partial charge >= 0.3 is 26.2 Å². The summed E-state index contributed by atoms with van der Waals surface area (Å²) < 4.78 is 1.29. The summed E-state index contributed by atoms with van der Waals surface area (Å²) in [5.41, 5.74) is 0. The number of halogens is 1. The number of hydrogen-bond donors (Lipinski definition) is 0. The highest BCUT2D eigenvalue weighted by atomic mass is 127. The highest BCUT2D eigenvalue weighted by Gasteiger charge is 2.24. The van der Waals surface area contributed by atoms with Gasteiger partial charge in [0.05, 0.1) is 12.1 Å². The monoisotopic (exact) mass is 322 g/mol. The molecule has 0 saturated carbocycles. The van der Waals surface area contributed by atoms with Crippen LogP contribution in [0.2, 0.25) is 0 Å². The molecule has 15 heavy (non-hydrogen) atoms. The third-order valence-electron chi connectivity index (χ3n) is 0.733. The van der Waals surface area contributed by atoms with Gasteiger partial charge in [-0.2, -0.15) is 0 Å². The zero-order chi connectivity index (χ0) is 12.3. The zero-order valence-electron chi connectivity index (χ0n) is 8.40. The Hall–Kier alpha value is -1.11. The molecule has 0 atom stereocenters. The Morgan fingerprint density at radius 2 is 1.27 bits per heavy atom. The second-order valence-electron chi connectivity index (χ2n) is 2.28. The Morgan fingerprint density at radius 1 is 1.00 bits per heavy atom. The van der Waals surface area contributed by atoms with Crippen molar-refractivity contribution >= 4 is 11.9 Å². The number of carbonyl (C=O) groups is 2.